The molecule has 8 nitrogen and oxygen atoms in total. The first-order valence-corrected chi connectivity index (χ1v) is 8.28. The third-order valence-electron chi connectivity index (χ3n) is 3.81. The Bertz CT molecular complexity index is 900. The van der Waals surface area contributed by atoms with Crippen LogP contribution in [0.1, 0.15) is 23.0 Å². The molecule has 0 spiro atoms. The van der Waals surface area contributed by atoms with Gasteiger partial charge < -0.3 is 23.9 Å². The monoisotopic (exact) mass is 405 g/mol. The molecule has 3 rings (SSSR count). The lowest BCUT2D eigenvalue weighted by Gasteiger charge is -2.24. The molecular formula is C19H20ClN3O5. The zero-order valence-electron chi connectivity index (χ0n) is 15.4. The molecule has 2 aromatic heterocycles. The molecule has 0 atom stereocenters. The van der Waals surface area contributed by atoms with Crippen LogP contribution in [0.3, 0.4) is 0 Å². The molecule has 0 radical (unpaired) electrons. The molecule has 0 aliphatic rings. The van der Waals surface area contributed by atoms with Crippen LogP contribution >= 0.6 is 12.4 Å². The van der Waals surface area contributed by atoms with Crippen LogP contribution in [-0.4, -0.2) is 34.8 Å². The maximum atomic E-state index is 11.1. The van der Waals surface area contributed by atoms with Gasteiger partial charge in [0, 0.05) is 5.69 Å². The minimum absolute atomic E-state index is 0. The van der Waals surface area contributed by atoms with Gasteiger partial charge in [-0.2, -0.15) is 4.98 Å². The first-order valence-electron chi connectivity index (χ1n) is 8.28. The molecule has 0 aliphatic carbocycles. The Morgan fingerprint density at radius 3 is 2.54 bits per heavy atom. The molecule has 1 aromatic carbocycles. The first-order chi connectivity index (χ1) is 13.1. The number of carboxylic acids is 1. The fraction of sp³-hybridized carbons (Fsp3) is 0.211. The van der Waals surface area contributed by atoms with Crippen LogP contribution in [0.2, 0.25) is 0 Å². The van der Waals surface area contributed by atoms with Crippen molar-refractivity contribution in [1.82, 2.24) is 9.97 Å². The van der Waals surface area contributed by atoms with Gasteiger partial charge in [-0.05, 0) is 43.3 Å². The van der Waals surface area contributed by atoms with Gasteiger partial charge in [0.15, 0.2) is 12.1 Å². The number of nitrogens with zero attached hydrogens (tertiary/aromatic N) is 3. The van der Waals surface area contributed by atoms with Crippen molar-refractivity contribution < 1.29 is 23.8 Å². The number of methoxy groups -OCH3 is 1. The second-order valence-electron chi connectivity index (χ2n) is 5.52. The van der Waals surface area contributed by atoms with Crippen LogP contribution in [-0.2, 0) is 6.54 Å². The predicted octanol–water partition coefficient (Wildman–Crippen LogP) is 3.94. The molecule has 0 bridgehead atoms. The molecule has 2 heterocycles. The number of hydrogen-bond donors (Lipinski definition) is 1. The lowest BCUT2D eigenvalue weighted by molar-refractivity contribution is 0.0697. The lowest BCUT2D eigenvalue weighted by Crippen LogP contribution is -2.18. The van der Waals surface area contributed by atoms with Crippen LogP contribution in [0, 0.1) is 0 Å². The van der Waals surface area contributed by atoms with Gasteiger partial charge in [-0.3, -0.25) is 0 Å². The van der Waals surface area contributed by atoms with Crippen molar-refractivity contribution in [1.29, 1.82) is 0 Å². The molecule has 0 saturated heterocycles. The summed E-state index contributed by atoms with van der Waals surface area (Å²) >= 11 is 0. The number of rotatable bonds is 8. The van der Waals surface area contributed by atoms with E-state index in [4.69, 9.17) is 19.0 Å². The number of carbonyl (C=O) groups is 1. The molecule has 0 unspecified atom stereocenters. The molecule has 0 aliphatic heterocycles. The number of aromatic nitrogens is 2. The fourth-order valence-corrected chi connectivity index (χ4v) is 2.53. The van der Waals surface area contributed by atoms with Crippen LogP contribution in [0.25, 0.3) is 0 Å². The van der Waals surface area contributed by atoms with Crippen molar-refractivity contribution in [2.45, 2.75) is 13.5 Å². The quantitative estimate of drug-likeness (QED) is 0.601. The predicted molar refractivity (Wildman–Crippen MR) is 105 cm³/mol. The topological polar surface area (TPSA) is 97.9 Å². The van der Waals surface area contributed by atoms with Gasteiger partial charge in [0.25, 0.3) is 5.88 Å². The number of ether oxygens (including phenoxy) is 2. The third kappa shape index (κ3) is 4.72. The summed E-state index contributed by atoms with van der Waals surface area (Å²) in [6, 6.07) is 10.1. The van der Waals surface area contributed by atoms with Gasteiger partial charge in [0.2, 0.25) is 0 Å². The summed E-state index contributed by atoms with van der Waals surface area (Å²) in [5.41, 5.74) is 0.951. The first kappa shape index (κ1) is 21.0. The van der Waals surface area contributed by atoms with E-state index in [9.17, 15) is 4.79 Å². The average Bonchev–Trinajstić information content (AvgIpc) is 3.20. The zero-order valence-corrected chi connectivity index (χ0v) is 16.2. The minimum Gasteiger partial charge on any atom is -0.491 e. The Hall–Kier alpha value is -3.26. The van der Waals surface area contributed by atoms with Crippen LogP contribution in [0.4, 0.5) is 11.5 Å². The number of aromatic carboxylic acids is 1. The number of hydrogen-bond acceptors (Lipinski definition) is 7. The Kier molecular flexibility index (Phi) is 7.22. The van der Waals surface area contributed by atoms with Crippen molar-refractivity contribution in [3.8, 4) is 11.6 Å². The summed E-state index contributed by atoms with van der Waals surface area (Å²) in [5, 5.41) is 9.11. The number of oxazole rings is 1. The van der Waals surface area contributed by atoms with Crippen molar-refractivity contribution in [3.63, 3.8) is 0 Å². The largest absolute Gasteiger partial charge is 0.491 e. The lowest BCUT2D eigenvalue weighted by atomic mass is 10.2. The summed E-state index contributed by atoms with van der Waals surface area (Å²) in [7, 11) is 1.55. The van der Waals surface area contributed by atoms with Crippen LogP contribution < -0.4 is 14.4 Å². The van der Waals surface area contributed by atoms with E-state index in [0.717, 1.165) is 5.69 Å². The van der Waals surface area contributed by atoms with E-state index in [2.05, 4.69) is 9.97 Å². The molecular weight excluding hydrogens is 386 g/mol. The van der Waals surface area contributed by atoms with Gasteiger partial charge in [0.1, 0.15) is 11.6 Å². The van der Waals surface area contributed by atoms with Crippen molar-refractivity contribution in [2.24, 2.45) is 0 Å². The molecule has 3 aromatic rings. The van der Waals surface area contributed by atoms with E-state index in [1.165, 1.54) is 18.5 Å². The summed E-state index contributed by atoms with van der Waals surface area (Å²) in [6.07, 6.45) is 2.97. The summed E-state index contributed by atoms with van der Waals surface area (Å²) < 4.78 is 16.2. The van der Waals surface area contributed by atoms with E-state index in [-0.39, 0.29) is 18.0 Å². The smallest absolute Gasteiger partial charge is 0.335 e. The number of benzene rings is 1. The standard InChI is InChI=1S/C19H19N3O5.ClH/c1-3-26-18-16(25-2)8-9-17(21-18)22(11-15-10-20-12-27-15)14-6-4-13(5-7-14)19(23)24;/h4-10,12H,3,11H2,1-2H3,(H,23,24);1H. The number of anilines is 2. The zero-order chi connectivity index (χ0) is 19.2. The molecule has 0 amide bonds. The van der Waals surface area contributed by atoms with E-state index in [1.807, 2.05) is 11.8 Å². The molecule has 9 heteroatoms. The van der Waals surface area contributed by atoms with E-state index in [0.29, 0.717) is 36.4 Å². The highest BCUT2D eigenvalue weighted by Gasteiger charge is 2.17. The molecule has 1 N–H and O–H groups in total. The van der Waals surface area contributed by atoms with Gasteiger partial charge in [-0.25, -0.2) is 9.78 Å². The van der Waals surface area contributed by atoms with E-state index >= 15 is 0 Å². The van der Waals surface area contributed by atoms with Crippen molar-refractivity contribution in [2.75, 3.05) is 18.6 Å². The van der Waals surface area contributed by atoms with Gasteiger partial charge in [-0.15, -0.1) is 12.4 Å². The van der Waals surface area contributed by atoms with E-state index < -0.39 is 5.97 Å². The molecule has 28 heavy (non-hydrogen) atoms. The second-order valence-corrected chi connectivity index (χ2v) is 5.52. The maximum Gasteiger partial charge on any atom is 0.335 e. The third-order valence-corrected chi connectivity index (χ3v) is 3.81. The normalized spacial score (nSPS) is 10.1. The SMILES string of the molecule is CCOc1nc(N(Cc2cnco2)c2ccc(C(=O)O)cc2)ccc1OC.Cl. The van der Waals surface area contributed by atoms with Crippen LogP contribution in [0.5, 0.6) is 11.6 Å². The highest BCUT2D eigenvalue weighted by atomic mass is 35.5. The maximum absolute atomic E-state index is 11.1. The summed E-state index contributed by atoms with van der Waals surface area (Å²) in [5.74, 6) is 1.15. The molecule has 148 valence electrons. The molecule has 0 saturated carbocycles. The number of halogens is 1. The fourth-order valence-electron chi connectivity index (χ4n) is 2.53. The van der Waals surface area contributed by atoms with Crippen LogP contribution in [0.15, 0.2) is 53.4 Å². The van der Waals surface area contributed by atoms with Gasteiger partial charge in [-0.1, -0.05) is 0 Å². The van der Waals surface area contributed by atoms with Gasteiger partial charge >= 0.3 is 5.97 Å². The highest BCUT2D eigenvalue weighted by molar-refractivity contribution is 5.88. The van der Waals surface area contributed by atoms with Gasteiger partial charge in [0.05, 0.1) is 32.0 Å². The highest BCUT2D eigenvalue weighted by Crippen LogP contribution is 2.32. The Morgan fingerprint density at radius 2 is 1.96 bits per heavy atom. The molecule has 0 fully saturated rings. The Morgan fingerprint density at radius 1 is 1.21 bits per heavy atom. The summed E-state index contributed by atoms with van der Waals surface area (Å²) in [6.45, 7) is 2.67. The average molecular weight is 406 g/mol. The summed E-state index contributed by atoms with van der Waals surface area (Å²) in [4.78, 5) is 21.5. The number of carboxylic acid groups (broad SMARTS) is 1. The number of pyridine rings is 1. The second kappa shape index (κ2) is 9.61. The Labute approximate surface area is 168 Å². The minimum atomic E-state index is -0.982. The Balaban J connectivity index is 0.00000280. The van der Waals surface area contributed by atoms with Crippen molar-refractivity contribution >= 4 is 29.9 Å². The van der Waals surface area contributed by atoms with E-state index in [1.54, 1.807) is 37.6 Å². The van der Waals surface area contributed by atoms with Crippen molar-refractivity contribution in [3.05, 3.63) is 60.3 Å².